The van der Waals surface area contributed by atoms with Crippen molar-refractivity contribution in [3.05, 3.63) is 28.8 Å². The standard InChI is InChI=1S/C17H27ClN2/c1-12-8-14(12)11-20(5)16-7-6-15(18)9-13(16)10-19-17(2,3)4/h6-7,9,12,14,19H,8,10-11H2,1-5H3. The van der Waals surface area contributed by atoms with E-state index < -0.39 is 0 Å². The van der Waals surface area contributed by atoms with E-state index in [4.69, 9.17) is 11.6 Å². The topological polar surface area (TPSA) is 15.3 Å². The fourth-order valence-corrected chi connectivity index (χ4v) is 2.73. The molecule has 2 rings (SSSR count). The van der Waals surface area contributed by atoms with E-state index in [0.717, 1.165) is 29.9 Å². The van der Waals surface area contributed by atoms with Gasteiger partial charge in [0.25, 0.3) is 0 Å². The number of hydrogen-bond donors (Lipinski definition) is 1. The van der Waals surface area contributed by atoms with Gasteiger partial charge in [0, 0.05) is 36.4 Å². The van der Waals surface area contributed by atoms with Crippen molar-refractivity contribution in [2.45, 2.75) is 46.2 Å². The largest absolute Gasteiger partial charge is 0.374 e. The van der Waals surface area contributed by atoms with Crippen LogP contribution in [0.1, 0.15) is 39.7 Å². The third-order valence-corrected chi connectivity index (χ3v) is 4.28. The number of hydrogen-bond acceptors (Lipinski definition) is 2. The molecule has 0 saturated heterocycles. The summed E-state index contributed by atoms with van der Waals surface area (Å²) in [7, 11) is 2.19. The molecule has 0 spiro atoms. The van der Waals surface area contributed by atoms with Gasteiger partial charge < -0.3 is 10.2 Å². The van der Waals surface area contributed by atoms with Crippen molar-refractivity contribution in [3.8, 4) is 0 Å². The molecule has 0 bridgehead atoms. The van der Waals surface area contributed by atoms with Crippen LogP contribution in [0.3, 0.4) is 0 Å². The quantitative estimate of drug-likeness (QED) is 0.870. The summed E-state index contributed by atoms with van der Waals surface area (Å²) >= 11 is 6.17. The molecule has 2 nitrogen and oxygen atoms in total. The van der Waals surface area contributed by atoms with Crippen molar-refractivity contribution in [3.63, 3.8) is 0 Å². The second-order valence-corrected chi connectivity index (χ2v) is 7.67. The first-order chi connectivity index (χ1) is 9.26. The van der Waals surface area contributed by atoms with Crippen molar-refractivity contribution in [2.24, 2.45) is 11.8 Å². The van der Waals surface area contributed by atoms with Crippen LogP contribution < -0.4 is 10.2 Å². The zero-order valence-electron chi connectivity index (χ0n) is 13.3. The van der Waals surface area contributed by atoms with Gasteiger partial charge >= 0.3 is 0 Å². The van der Waals surface area contributed by atoms with Crippen LogP contribution in [-0.4, -0.2) is 19.1 Å². The normalized spacial score (nSPS) is 21.9. The van der Waals surface area contributed by atoms with Gasteiger partial charge in [0.2, 0.25) is 0 Å². The molecule has 1 fully saturated rings. The minimum absolute atomic E-state index is 0.114. The molecule has 2 atom stereocenters. The molecule has 2 unspecified atom stereocenters. The molecule has 112 valence electrons. The molecule has 0 aromatic heterocycles. The highest BCUT2D eigenvalue weighted by Crippen LogP contribution is 2.39. The molecule has 20 heavy (non-hydrogen) atoms. The Hall–Kier alpha value is -0.730. The van der Waals surface area contributed by atoms with Crippen LogP contribution in [0.15, 0.2) is 18.2 Å². The van der Waals surface area contributed by atoms with Crippen molar-refractivity contribution in [2.75, 3.05) is 18.5 Å². The average molecular weight is 295 g/mol. The predicted molar refractivity (Wildman–Crippen MR) is 88.6 cm³/mol. The Kier molecular flexibility index (Phi) is 4.66. The first-order valence-corrected chi connectivity index (χ1v) is 7.88. The molecule has 1 aromatic carbocycles. The Morgan fingerprint density at radius 3 is 2.55 bits per heavy atom. The second-order valence-electron chi connectivity index (χ2n) is 7.23. The lowest BCUT2D eigenvalue weighted by Crippen LogP contribution is -2.35. The van der Waals surface area contributed by atoms with Crippen LogP contribution in [0.5, 0.6) is 0 Å². The van der Waals surface area contributed by atoms with E-state index >= 15 is 0 Å². The lowest BCUT2D eigenvalue weighted by atomic mass is 10.1. The summed E-state index contributed by atoms with van der Waals surface area (Å²) in [6.07, 6.45) is 1.37. The maximum Gasteiger partial charge on any atom is 0.0410 e. The summed E-state index contributed by atoms with van der Waals surface area (Å²) in [5.41, 5.74) is 2.69. The van der Waals surface area contributed by atoms with Gasteiger partial charge in [-0.2, -0.15) is 0 Å². The highest BCUT2D eigenvalue weighted by molar-refractivity contribution is 6.30. The predicted octanol–water partition coefficient (Wildman–Crippen LogP) is 4.32. The number of nitrogens with one attached hydrogen (secondary N) is 1. The van der Waals surface area contributed by atoms with E-state index in [1.165, 1.54) is 17.7 Å². The Labute approximate surface area is 128 Å². The third kappa shape index (κ3) is 4.39. The number of nitrogens with zero attached hydrogens (tertiary/aromatic N) is 1. The highest BCUT2D eigenvalue weighted by Gasteiger charge is 2.33. The molecular weight excluding hydrogens is 268 g/mol. The van der Waals surface area contributed by atoms with E-state index in [1.807, 2.05) is 6.07 Å². The van der Waals surface area contributed by atoms with E-state index in [-0.39, 0.29) is 5.54 Å². The molecule has 0 aliphatic heterocycles. The average Bonchev–Trinajstić information content (AvgIpc) is 3.01. The molecular formula is C17H27ClN2. The van der Waals surface area contributed by atoms with Gasteiger partial charge in [0.1, 0.15) is 0 Å². The Morgan fingerprint density at radius 1 is 1.35 bits per heavy atom. The van der Waals surface area contributed by atoms with E-state index in [9.17, 15) is 0 Å². The van der Waals surface area contributed by atoms with Gasteiger partial charge in [-0.25, -0.2) is 0 Å². The SMILES string of the molecule is CC1CC1CN(C)c1ccc(Cl)cc1CNC(C)(C)C. The van der Waals surface area contributed by atoms with Crippen molar-refractivity contribution >= 4 is 17.3 Å². The van der Waals surface area contributed by atoms with Crippen LogP contribution in [0.2, 0.25) is 5.02 Å². The fraction of sp³-hybridized carbons (Fsp3) is 0.647. The summed E-state index contributed by atoms with van der Waals surface area (Å²) in [4.78, 5) is 2.38. The second kappa shape index (κ2) is 5.95. The van der Waals surface area contributed by atoms with Gasteiger partial charge in [0.15, 0.2) is 0 Å². The maximum atomic E-state index is 6.17. The summed E-state index contributed by atoms with van der Waals surface area (Å²) < 4.78 is 0. The molecule has 1 N–H and O–H groups in total. The molecule has 1 aliphatic carbocycles. The highest BCUT2D eigenvalue weighted by atomic mass is 35.5. The van der Waals surface area contributed by atoms with Crippen LogP contribution >= 0.6 is 11.6 Å². The summed E-state index contributed by atoms with van der Waals surface area (Å²) in [6, 6.07) is 6.22. The molecule has 1 saturated carbocycles. The van der Waals surface area contributed by atoms with Crippen molar-refractivity contribution in [1.82, 2.24) is 5.32 Å². The Balaban J connectivity index is 2.10. The summed E-state index contributed by atoms with van der Waals surface area (Å²) in [5, 5.41) is 4.37. The minimum Gasteiger partial charge on any atom is -0.374 e. The van der Waals surface area contributed by atoms with Crippen LogP contribution in [0.4, 0.5) is 5.69 Å². The van der Waals surface area contributed by atoms with Gasteiger partial charge in [-0.15, -0.1) is 0 Å². The fourth-order valence-electron chi connectivity index (χ4n) is 2.53. The van der Waals surface area contributed by atoms with Crippen LogP contribution in [0.25, 0.3) is 0 Å². The first kappa shape index (κ1) is 15.7. The summed E-state index contributed by atoms with van der Waals surface area (Å²) in [6.45, 7) is 10.9. The molecule has 0 radical (unpaired) electrons. The lowest BCUT2D eigenvalue weighted by Gasteiger charge is -2.26. The number of halogens is 1. The molecule has 0 heterocycles. The zero-order valence-corrected chi connectivity index (χ0v) is 14.1. The molecule has 3 heteroatoms. The van der Waals surface area contributed by atoms with E-state index in [0.29, 0.717) is 0 Å². The zero-order chi connectivity index (χ0) is 14.9. The molecule has 1 aromatic rings. The molecule has 1 aliphatic rings. The van der Waals surface area contributed by atoms with Gasteiger partial charge in [-0.3, -0.25) is 0 Å². The van der Waals surface area contributed by atoms with Crippen LogP contribution in [-0.2, 0) is 6.54 Å². The number of anilines is 1. The van der Waals surface area contributed by atoms with Crippen molar-refractivity contribution < 1.29 is 0 Å². The Morgan fingerprint density at radius 2 is 2.00 bits per heavy atom. The van der Waals surface area contributed by atoms with Gasteiger partial charge in [0.05, 0.1) is 0 Å². The monoisotopic (exact) mass is 294 g/mol. The van der Waals surface area contributed by atoms with Crippen molar-refractivity contribution in [1.29, 1.82) is 0 Å². The first-order valence-electron chi connectivity index (χ1n) is 7.51. The maximum absolute atomic E-state index is 6.17. The smallest absolute Gasteiger partial charge is 0.0410 e. The number of rotatable bonds is 5. The van der Waals surface area contributed by atoms with Gasteiger partial charge in [-0.05, 0) is 62.8 Å². The third-order valence-electron chi connectivity index (χ3n) is 4.05. The van der Waals surface area contributed by atoms with Crippen LogP contribution in [0, 0.1) is 11.8 Å². The lowest BCUT2D eigenvalue weighted by molar-refractivity contribution is 0.424. The van der Waals surface area contributed by atoms with E-state index in [1.54, 1.807) is 0 Å². The molecule has 0 amide bonds. The summed E-state index contributed by atoms with van der Waals surface area (Å²) in [5.74, 6) is 1.75. The van der Waals surface area contributed by atoms with Gasteiger partial charge in [-0.1, -0.05) is 18.5 Å². The minimum atomic E-state index is 0.114. The van der Waals surface area contributed by atoms with E-state index in [2.05, 4.69) is 57.1 Å². The number of benzene rings is 1. The Bertz CT molecular complexity index is 465.